The second-order valence-electron chi connectivity index (χ2n) is 10.4. The van der Waals surface area contributed by atoms with Crippen LogP contribution in [0.25, 0.3) is 0 Å². The van der Waals surface area contributed by atoms with Crippen molar-refractivity contribution in [1.82, 2.24) is 14.9 Å². The Morgan fingerprint density at radius 3 is 2.41 bits per heavy atom. The van der Waals surface area contributed by atoms with Crippen molar-refractivity contribution in [3.05, 3.63) is 54.3 Å². The summed E-state index contributed by atoms with van der Waals surface area (Å²) in [5.41, 5.74) is -2.07. The number of ether oxygens (including phenoxy) is 1. The summed E-state index contributed by atoms with van der Waals surface area (Å²) in [6, 6.07) is 5.80. The Balaban J connectivity index is 1.26. The van der Waals surface area contributed by atoms with E-state index in [-0.39, 0.29) is 29.1 Å². The molecule has 0 aromatic carbocycles. The van der Waals surface area contributed by atoms with E-state index in [2.05, 4.69) is 28.5 Å². The second kappa shape index (κ2) is 7.92. The summed E-state index contributed by atoms with van der Waals surface area (Å²) < 4.78 is 46.7. The first-order chi connectivity index (χ1) is 17.6. The van der Waals surface area contributed by atoms with Crippen molar-refractivity contribution in [2.75, 3.05) is 23.4 Å². The molecule has 0 bridgehead atoms. The van der Waals surface area contributed by atoms with Gasteiger partial charge in [0, 0.05) is 31.0 Å². The maximum atomic E-state index is 13.6. The van der Waals surface area contributed by atoms with Gasteiger partial charge >= 0.3 is 6.18 Å². The number of nitrogens with zero attached hydrogens (tertiary/aromatic N) is 6. The first kappa shape index (κ1) is 23.7. The average molecular weight is 511 g/mol. The highest BCUT2D eigenvalue weighted by atomic mass is 19.4. The van der Waals surface area contributed by atoms with Gasteiger partial charge in [-0.1, -0.05) is 6.58 Å². The van der Waals surface area contributed by atoms with Crippen molar-refractivity contribution in [2.24, 2.45) is 0 Å². The molecule has 4 heterocycles. The summed E-state index contributed by atoms with van der Waals surface area (Å²) in [5, 5.41) is 9.07. The van der Waals surface area contributed by atoms with E-state index in [1.165, 1.54) is 12.5 Å². The Kier molecular flexibility index (Phi) is 5.08. The molecular formula is C26H25F3N6O2. The quantitative estimate of drug-likeness (QED) is 0.609. The Morgan fingerprint density at radius 1 is 1.16 bits per heavy atom. The SMILES string of the molecule is C=C1N(c2cnc(C#N)c(C(F)(F)F)c2)C(=O)C2(CCC2)N1c1ccc(OC2CC3(CCN3C)C2)nc1. The number of anilines is 2. The molecule has 1 amide bonds. The van der Waals surface area contributed by atoms with Gasteiger partial charge in [0.05, 0.1) is 29.3 Å². The summed E-state index contributed by atoms with van der Waals surface area (Å²) in [7, 11) is 2.13. The number of amides is 1. The molecule has 2 saturated heterocycles. The summed E-state index contributed by atoms with van der Waals surface area (Å²) in [6.07, 6.45) is 3.05. The number of nitriles is 1. The van der Waals surface area contributed by atoms with Crippen molar-refractivity contribution < 1.29 is 22.7 Å². The summed E-state index contributed by atoms with van der Waals surface area (Å²) >= 11 is 0. The first-order valence-electron chi connectivity index (χ1n) is 12.2. The zero-order valence-electron chi connectivity index (χ0n) is 20.3. The van der Waals surface area contributed by atoms with Crippen molar-refractivity contribution in [2.45, 2.75) is 61.9 Å². The van der Waals surface area contributed by atoms with Crippen LogP contribution in [0.2, 0.25) is 0 Å². The van der Waals surface area contributed by atoms with Crippen molar-refractivity contribution in [3.63, 3.8) is 0 Å². The van der Waals surface area contributed by atoms with Crippen LogP contribution in [0.15, 0.2) is 43.0 Å². The van der Waals surface area contributed by atoms with E-state index in [0.29, 0.717) is 24.4 Å². The summed E-state index contributed by atoms with van der Waals surface area (Å²) in [6.45, 7) is 5.18. The van der Waals surface area contributed by atoms with Crippen LogP contribution >= 0.6 is 0 Å². The van der Waals surface area contributed by atoms with E-state index in [1.807, 2.05) is 0 Å². The number of alkyl halides is 3. The number of carbonyl (C=O) groups excluding carboxylic acids is 1. The Labute approximate surface area is 211 Å². The van der Waals surface area contributed by atoms with Crippen LogP contribution < -0.4 is 14.5 Å². The van der Waals surface area contributed by atoms with Crippen LogP contribution in [0, 0.1) is 11.3 Å². The fourth-order valence-electron chi connectivity index (χ4n) is 6.04. The Morgan fingerprint density at radius 2 is 1.89 bits per heavy atom. The highest BCUT2D eigenvalue weighted by Crippen LogP contribution is 2.51. The molecule has 4 fully saturated rings. The lowest BCUT2D eigenvalue weighted by molar-refractivity contribution is -0.138. The molecule has 2 saturated carbocycles. The number of halogens is 3. The zero-order chi connectivity index (χ0) is 26.2. The van der Waals surface area contributed by atoms with E-state index in [9.17, 15) is 18.0 Å². The predicted octanol–water partition coefficient (Wildman–Crippen LogP) is 4.23. The van der Waals surface area contributed by atoms with Gasteiger partial charge in [-0.05, 0) is 44.9 Å². The Bertz CT molecular complexity index is 1330. The molecule has 4 aliphatic rings. The second-order valence-corrected chi connectivity index (χ2v) is 10.4. The van der Waals surface area contributed by atoms with E-state index in [0.717, 1.165) is 43.0 Å². The summed E-state index contributed by atoms with van der Waals surface area (Å²) in [4.78, 5) is 27.0. The van der Waals surface area contributed by atoms with E-state index in [1.54, 1.807) is 23.2 Å². The maximum Gasteiger partial charge on any atom is 0.419 e. The molecular weight excluding hydrogens is 485 g/mol. The third-order valence-corrected chi connectivity index (χ3v) is 8.47. The molecule has 37 heavy (non-hydrogen) atoms. The summed E-state index contributed by atoms with van der Waals surface area (Å²) in [5.74, 6) is 0.342. The zero-order valence-corrected chi connectivity index (χ0v) is 20.3. The molecule has 11 heteroatoms. The third kappa shape index (κ3) is 3.42. The Hall–Kier alpha value is -3.65. The monoisotopic (exact) mass is 510 g/mol. The highest BCUT2D eigenvalue weighted by molar-refractivity contribution is 6.10. The van der Waals surface area contributed by atoms with Gasteiger partial charge in [0.15, 0.2) is 5.69 Å². The van der Waals surface area contributed by atoms with E-state index < -0.39 is 23.0 Å². The number of pyridine rings is 2. The number of likely N-dealkylation sites (tertiary alicyclic amines) is 1. The third-order valence-electron chi connectivity index (χ3n) is 8.47. The van der Waals surface area contributed by atoms with Crippen molar-refractivity contribution in [1.29, 1.82) is 5.26 Å². The molecule has 6 rings (SSSR count). The number of carbonyl (C=O) groups is 1. The standard InChI is InChI=1S/C26H25F3N6O2/c1-16-34(18-10-20(26(27,28)29)21(13-30)31-15-18)23(36)25(6-3-7-25)35(16)17-4-5-22(32-14-17)37-19-11-24(12-19)8-9-33(24)2/h4-5,10,14-15,19H,1,3,6-9,11-12H2,2H3. The van der Waals surface area contributed by atoms with Gasteiger partial charge in [-0.15, -0.1) is 0 Å². The smallest absolute Gasteiger partial charge is 0.419 e. The van der Waals surface area contributed by atoms with Gasteiger partial charge < -0.3 is 14.5 Å². The highest BCUT2D eigenvalue weighted by Gasteiger charge is 2.59. The minimum absolute atomic E-state index is 0.0807. The van der Waals surface area contributed by atoms with Gasteiger partial charge in [-0.25, -0.2) is 9.97 Å². The number of rotatable bonds is 4. The van der Waals surface area contributed by atoms with Crippen LogP contribution in [-0.4, -0.2) is 51.5 Å². The molecule has 8 nitrogen and oxygen atoms in total. The van der Waals surface area contributed by atoms with Crippen molar-refractivity contribution in [3.8, 4) is 11.9 Å². The van der Waals surface area contributed by atoms with Gasteiger partial charge in [-0.2, -0.15) is 18.4 Å². The largest absolute Gasteiger partial charge is 0.474 e. The molecule has 2 spiro atoms. The van der Waals surface area contributed by atoms with Gasteiger partial charge in [0.25, 0.3) is 5.91 Å². The van der Waals surface area contributed by atoms with Crippen LogP contribution in [0.1, 0.15) is 49.8 Å². The van der Waals surface area contributed by atoms with E-state index >= 15 is 0 Å². The molecule has 2 aromatic heterocycles. The number of hydrogen-bond donors (Lipinski definition) is 0. The molecule has 192 valence electrons. The predicted molar refractivity (Wildman–Crippen MR) is 128 cm³/mol. The van der Waals surface area contributed by atoms with Gasteiger partial charge in [0.1, 0.15) is 23.5 Å². The fraction of sp³-hybridized carbons (Fsp3) is 0.462. The maximum absolute atomic E-state index is 13.6. The molecule has 0 radical (unpaired) electrons. The molecule has 0 unspecified atom stereocenters. The fourth-order valence-corrected chi connectivity index (χ4v) is 6.04. The van der Waals surface area contributed by atoms with Crippen LogP contribution in [-0.2, 0) is 11.0 Å². The van der Waals surface area contributed by atoms with Crippen molar-refractivity contribution >= 4 is 17.3 Å². The first-order valence-corrected chi connectivity index (χ1v) is 12.2. The molecule has 2 aliphatic heterocycles. The molecule has 0 N–H and O–H groups in total. The lowest BCUT2D eigenvalue weighted by Gasteiger charge is -2.59. The number of aromatic nitrogens is 2. The normalized spacial score (nSPS) is 26.6. The minimum Gasteiger partial charge on any atom is -0.474 e. The minimum atomic E-state index is -4.79. The lowest BCUT2D eigenvalue weighted by atomic mass is 9.66. The average Bonchev–Trinajstić information content (AvgIpc) is 3.06. The van der Waals surface area contributed by atoms with Crippen LogP contribution in [0.4, 0.5) is 24.5 Å². The molecule has 2 aromatic rings. The van der Waals surface area contributed by atoms with Gasteiger partial charge in [0.2, 0.25) is 5.88 Å². The topological polar surface area (TPSA) is 85.6 Å². The lowest BCUT2D eigenvalue weighted by Crippen LogP contribution is -2.67. The molecule has 0 atom stereocenters. The molecule has 2 aliphatic carbocycles. The van der Waals surface area contributed by atoms with Gasteiger partial charge in [-0.3, -0.25) is 9.69 Å². The van der Waals surface area contributed by atoms with Crippen LogP contribution in [0.5, 0.6) is 5.88 Å². The van der Waals surface area contributed by atoms with E-state index in [4.69, 9.17) is 10.00 Å². The van der Waals surface area contributed by atoms with Crippen LogP contribution in [0.3, 0.4) is 0 Å². The number of hydrogen-bond acceptors (Lipinski definition) is 7.